The number of aryl methyl sites for hydroxylation is 1. The highest BCUT2D eigenvalue weighted by Crippen LogP contribution is 2.46. The van der Waals surface area contributed by atoms with Crippen molar-refractivity contribution in [2.45, 2.75) is 37.3 Å². The van der Waals surface area contributed by atoms with Crippen molar-refractivity contribution in [2.24, 2.45) is 13.0 Å². The minimum atomic E-state index is -0.693. The third-order valence-electron chi connectivity index (χ3n) is 7.06. The molecule has 4 aliphatic rings. The second kappa shape index (κ2) is 7.20. The summed E-state index contributed by atoms with van der Waals surface area (Å²) in [6.45, 7) is 0.568. The van der Waals surface area contributed by atoms with E-state index in [9.17, 15) is 9.90 Å². The zero-order valence-electron chi connectivity index (χ0n) is 17.4. The molecule has 0 radical (unpaired) electrons. The summed E-state index contributed by atoms with van der Waals surface area (Å²) in [5, 5.41) is 13.2. The molecule has 3 saturated heterocycles. The number of para-hydroxylation sites is 1. The Balaban J connectivity index is 1.45. The van der Waals surface area contributed by atoms with Crippen LogP contribution in [-0.4, -0.2) is 49.9 Å². The predicted octanol–water partition coefficient (Wildman–Crippen LogP) is 3.48. The molecule has 5 unspecified atom stereocenters. The lowest BCUT2D eigenvalue weighted by molar-refractivity contribution is -0.194. The SMILES string of the molecule is Cn1cc(CN2C(=S)N(c3ccc(Cl)cc3)C3C4CC(O)C(OC4=O)C32)c2ccccc21. The quantitative estimate of drug-likeness (QED) is 0.470. The first-order chi connectivity index (χ1) is 15.4. The van der Waals surface area contributed by atoms with Crippen molar-refractivity contribution in [1.82, 2.24) is 9.47 Å². The number of aliphatic hydroxyl groups is 1. The van der Waals surface area contributed by atoms with E-state index < -0.39 is 18.1 Å². The zero-order valence-corrected chi connectivity index (χ0v) is 19.0. The van der Waals surface area contributed by atoms with Crippen molar-refractivity contribution in [3.05, 3.63) is 65.3 Å². The van der Waals surface area contributed by atoms with Gasteiger partial charge in [-0.2, -0.15) is 0 Å². The lowest BCUT2D eigenvalue weighted by Gasteiger charge is -2.49. The van der Waals surface area contributed by atoms with Gasteiger partial charge in [-0.15, -0.1) is 0 Å². The molecule has 4 heterocycles. The van der Waals surface area contributed by atoms with E-state index in [4.69, 9.17) is 28.6 Å². The molecule has 32 heavy (non-hydrogen) atoms. The average Bonchev–Trinajstić information content (AvgIpc) is 3.26. The Morgan fingerprint density at radius 3 is 2.69 bits per heavy atom. The molecular formula is C24H22ClN3O3S. The summed E-state index contributed by atoms with van der Waals surface area (Å²) in [6, 6.07) is 15.4. The van der Waals surface area contributed by atoms with Gasteiger partial charge in [-0.3, -0.25) is 4.79 Å². The van der Waals surface area contributed by atoms with Crippen LogP contribution in [0.15, 0.2) is 54.7 Å². The van der Waals surface area contributed by atoms with E-state index in [1.165, 1.54) is 0 Å². The normalized spacial score (nSPS) is 29.0. The first-order valence-electron chi connectivity index (χ1n) is 10.7. The fraction of sp³-hybridized carbons (Fsp3) is 0.333. The van der Waals surface area contributed by atoms with Crippen LogP contribution in [0.25, 0.3) is 10.9 Å². The summed E-state index contributed by atoms with van der Waals surface area (Å²) >= 11 is 12.1. The molecule has 1 N–H and O–H groups in total. The maximum Gasteiger partial charge on any atom is 0.311 e. The van der Waals surface area contributed by atoms with Gasteiger partial charge in [0, 0.05) is 41.4 Å². The number of hydrogen-bond acceptors (Lipinski definition) is 4. The van der Waals surface area contributed by atoms with Gasteiger partial charge in [0.15, 0.2) is 5.11 Å². The molecule has 4 fully saturated rings. The van der Waals surface area contributed by atoms with Gasteiger partial charge in [-0.25, -0.2) is 0 Å². The van der Waals surface area contributed by atoms with Gasteiger partial charge in [0.2, 0.25) is 0 Å². The second-order valence-electron chi connectivity index (χ2n) is 8.83. The Labute approximate surface area is 195 Å². The molecule has 8 heteroatoms. The van der Waals surface area contributed by atoms with Gasteiger partial charge in [0.1, 0.15) is 6.10 Å². The number of carbonyl (C=O) groups excluding carboxylic acids is 1. The Morgan fingerprint density at radius 2 is 1.91 bits per heavy atom. The molecule has 7 rings (SSSR count). The number of nitrogens with zero attached hydrogens (tertiary/aromatic N) is 3. The maximum absolute atomic E-state index is 12.7. The summed E-state index contributed by atoms with van der Waals surface area (Å²) in [6.07, 6.45) is 1.21. The molecule has 0 spiro atoms. The second-order valence-corrected chi connectivity index (χ2v) is 9.63. The van der Waals surface area contributed by atoms with Crippen molar-refractivity contribution < 1.29 is 14.6 Å². The molecule has 1 saturated carbocycles. The fourth-order valence-electron chi connectivity index (χ4n) is 5.68. The monoisotopic (exact) mass is 467 g/mol. The molecule has 1 aliphatic carbocycles. The van der Waals surface area contributed by atoms with Crippen LogP contribution in [0.5, 0.6) is 0 Å². The number of benzene rings is 2. The summed E-state index contributed by atoms with van der Waals surface area (Å²) in [4.78, 5) is 16.9. The molecule has 3 aromatic rings. The standard InChI is InChI=1S/C24H22ClN3O3S/c1-26-11-13(16-4-2-3-5-18(16)26)12-27-21-20(17-10-19(29)22(21)31-23(17)30)28(24(27)32)15-8-6-14(25)7-9-15/h2-9,11,17,19-22,29H,10,12H2,1H3. The summed E-state index contributed by atoms with van der Waals surface area (Å²) in [5.41, 5.74) is 3.18. The molecule has 164 valence electrons. The van der Waals surface area contributed by atoms with E-state index in [0.29, 0.717) is 23.1 Å². The van der Waals surface area contributed by atoms with Crippen LogP contribution in [0, 0.1) is 5.92 Å². The van der Waals surface area contributed by atoms with E-state index >= 15 is 0 Å². The minimum absolute atomic E-state index is 0.187. The van der Waals surface area contributed by atoms with Gasteiger partial charge < -0.3 is 24.2 Å². The third kappa shape index (κ3) is 2.81. The summed E-state index contributed by atoms with van der Waals surface area (Å²) < 4.78 is 7.79. The lowest BCUT2D eigenvalue weighted by Crippen LogP contribution is -2.66. The van der Waals surface area contributed by atoms with E-state index in [2.05, 4.69) is 32.7 Å². The number of ether oxygens (including phenoxy) is 1. The van der Waals surface area contributed by atoms with Crippen LogP contribution in [0.2, 0.25) is 5.02 Å². The summed E-state index contributed by atoms with van der Waals surface area (Å²) in [7, 11) is 2.03. The van der Waals surface area contributed by atoms with Gasteiger partial charge in [-0.05, 0) is 54.5 Å². The number of rotatable bonds is 3. The topological polar surface area (TPSA) is 57.9 Å². The summed E-state index contributed by atoms with van der Waals surface area (Å²) in [5.74, 6) is -0.693. The van der Waals surface area contributed by atoms with Crippen molar-refractivity contribution in [1.29, 1.82) is 0 Å². The van der Waals surface area contributed by atoms with Crippen molar-refractivity contribution in [2.75, 3.05) is 4.90 Å². The van der Waals surface area contributed by atoms with Crippen LogP contribution in [0.4, 0.5) is 5.69 Å². The Morgan fingerprint density at radius 1 is 1.16 bits per heavy atom. The highest BCUT2D eigenvalue weighted by molar-refractivity contribution is 7.80. The van der Waals surface area contributed by atoms with Gasteiger partial charge >= 0.3 is 5.97 Å². The molecule has 6 nitrogen and oxygen atoms in total. The number of fused-ring (bicyclic) bond motifs is 3. The predicted molar refractivity (Wildman–Crippen MR) is 127 cm³/mol. The van der Waals surface area contributed by atoms with Crippen LogP contribution in [-0.2, 0) is 23.1 Å². The largest absolute Gasteiger partial charge is 0.457 e. The molecule has 2 aromatic carbocycles. The van der Waals surface area contributed by atoms with Gasteiger partial charge in [0.05, 0.1) is 24.1 Å². The number of esters is 1. The molecule has 2 bridgehead atoms. The molecule has 0 amide bonds. The van der Waals surface area contributed by atoms with Crippen molar-refractivity contribution in [3.8, 4) is 0 Å². The van der Waals surface area contributed by atoms with Gasteiger partial charge in [0.25, 0.3) is 0 Å². The maximum atomic E-state index is 12.7. The number of aliphatic hydroxyl groups excluding tert-OH is 1. The van der Waals surface area contributed by atoms with E-state index in [0.717, 1.165) is 22.2 Å². The molecule has 5 atom stereocenters. The van der Waals surface area contributed by atoms with Crippen LogP contribution in [0.1, 0.15) is 12.0 Å². The number of halogens is 1. The number of carbonyl (C=O) groups is 1. The number of thiocarbonyl (C=S) groups is 1. The van der Waals surface area contributed by atoms with Crippen molar-refractivity contribution >= 4 is 51.5 Å². The molecule has 3 aliphatic heterocycles. The molecule has 1 aromatic heterocycles. The third-order valence-corrected chi connectivity index (χ3v) is 7.75. The van der Waals surface area contributed by atoms with E-state index in [1.807, 2.05) is 43.4 Å². The molecular weight excluding hydrogens is 446 g/mol. The fourth-order valence-corrected chi connectivity index (χ4v) is 6.22. The van der Waals surface area contributed by atoms with Gasteiger partial charge in [-0.1, -0.05) is 29.8 Å². The zero-order chi connectivity index (χ0) is 22.1. The van der Waals surface area contributed by atoms with Crippen LogP contribution < -0.4 is 4.90 Å². The highest BCUT2D eigenvalue weighted by atomic mass is 35.5. The van der Waals surface area contributed by atoms with Crippen LogP contribution in [0.3, 0.4) is 0 Å². The highest BCUT2D eigenvalue weighted by Gasteiger charge is 2.63. The Kier molecular flexibility index (Phi) is 4.51. The minimum Gasteiger partial charge on any atom is -0.457 e. The number of hydrogen-bond donors (Lipinski definition) is 1. The smallest absolute Gasteiger partial charge is 0.311 e. The Hall–Kier alpha value is -2.61. The number of aromatic nitrogens is 1. The van der Waals surface area contributed by atoms with Crippen molar-refractivity contribution in [3.63, 3.8) is 0 Å². The average molecular weight is 468 g/mol. The lowest BCUT2D eigenvalue weighted by atomic mass is 9.74. The van der Waals surface area contributed by atoms with Crippen LogP contribution >= 0.6 is 23.8 Å². The first-order valence-corrected chi connectivity index (χ1v) is 11.5. The number of anilines is 1. The first kappa shape index (κ1) is 20.0. The van der Waals surface area contributed by atoms with E-state index in [-0.39, 0.29) is 18.1 Å². The van der Waals surface area contributed by atoms with E-state index in [1.54, 1.807) is 0 Å². The Bertz CT molecular complexity index is 1240.